The highest BCUT2D eigenvalue weighted by atomic mass is 16.2. The second-order valence-corrected chi connectivity index (χ2v) is 10.7. The second-order valence-electron chi connectivity index (χ2n) is 10.7. The van der Waals surface area contributed by atoms with Gasteiger partial charge in [-0.05, 0) is 82.1 Å². The fourth-order valence-corrected chi connectivity index (χ4v) is 5.61. The van der Waals surface area contributed by atoms with E-state index in [2.05, 4.69) is 48.2 Å². The Kier molecular flexibility index (Phi) is 7.20. The Morgan fingerprint density at radius 2 is 1.89 bits per heavy atom. The molecule has 1 aromatic carbocycles. The summed E-state index contributed by atoms with van der Waals surface area (Å²) in [7, 11) is 2.21. The molecule has 2 saturated heterocycles. The maximum absolute atomic E-state index is 13.3. The van der Waals surface area contributed by atoms with Crippen LogP contribution >= 0.6 is 0 Å². The van der Waals surface area contributed by atoms with Crippen LogP contribution < -0.4 is 5.32 Å². The van der Waals surface area contributed by atoms with Crippen molar-refractivity contribution in [2.24, 2.45) is 10.9 Å². The highest BCUT2D eigenvalue weighted by molar-refractivity contribution is 5.98. The number of hydrogen-bond donors (Lipinski definition) is 2. The maximum atomic E-state index is 13.3. The zero-order valence-electron chi connectivity index (χ0n) is 22.1. The number of aromatic nitrogens is 3. The molecular weight excluding hydrogens is 476 g/mol. The van der Waals surface area contributed by atoms with Crippen LogP contribution in [0.1, 0.15) is 41.9 Å². The largest absolute Gasteiger partial charge is 0.351 e. The quantitative estimate of drug-likeness (QED) is 0.519. The van der Waals surface area contributed by atoms with Gasteiger partial charge in [0, 0.05) is 61.7 Å². The molecule has 6 rings (SSSR count). The first-order chi connectivity index (χ1) is 18.6. The third-order valence-corrected chi connectivity index (χ3v) is 7.90. The second kappa shape index (κ2) is 11.0. The zero-order valence-corrected chi connectivity index (χ0v) is 22.1. The predicted molar refractivity (Wildman–Crippen MR) is 152 cm³/mol. The number of H-pyrrole nitrogens is 1. The Balaban J connectivity index is 1.08. The van der Waals surface area contributed by atoms with Gasteiger partial charge in [0.25, 0.3) is 5.91 Å². The van der Waals surface area contributed by atoms with Crippen LogP contribution in [0.2, 0.25) is 0 Å². The van der Waals surface area contributed by atoms with Crippen LogP contribution in [0.3, 0.4) is 0 Å². The first-order valence-corrected chi connectivity index (χ1v) is 13.8. The van der Waals surface area contributed by atoms with E-state index in [-0.39, 0.29) is 5.91 Å². The molecule has 0 bridgehead atoms. The fourth-order valence-electron chi connectivity index (χ4n) is 5.61. The lowest BCUT2D eigenvalue weighted by atomic mass is 9.96. The summed E-state index contributed by atoms with van der Waals surface area (Å²) in [5, 5.41) is 4.28. The number of aliphatic imine (C=N–C) groups is 1. The lowest BCUT2D eigenvalue weighted by Gasteiger charge is -2.38. The summed E-state index contributed by atoms with van der Waals surface area (Å²) >= 11 is 0. The van der Waals surface area contributed by atoms with E-state index in [1.54, 1.807) is 6.20 Å². The maximum Gasteiger partial charge on any atom is 0.270 e. The molecule has 3 aliphatic rings. The molecule has 5 heterocycles. The number of benzene rings is 1. The number of fused-ring (bicyclic) bond motifs is 1. The number of amides is 1. The van der Waals surface area contributed by atoms with Gasteiger partial charge in [-0.2, -0.15) is 0 Å². The van der Waals surface area contributed by atoms with Crippen LogP contribution in [0, 0.1) is 5.92 Å². The van der Waals surface area contributed by atoms with Crippen molar-refractivity contribution in [3.05, 3.63) is 54.0 Å². The number of piperazine rings is 1. The monoisotopic (exact) mass is 512 g/mol. The molecule has 38 heavy (non-hydrogen) atoms. The molecule has 198 valence electrons. The van der Waals surface area contributed by atoms with Gasteiger partial charge in [-0.25, -0.2) is 9.97 Å². The van der Waals surface area contributed by atoms with Crippen molar-refractivity contribution in [3.63, 3.8) is 0 Å². The molecule has 3 aliphatic heterocycles. The molecule has 0 radical (unpaired) electrons. The number of carbonyl (C=O) groups excluding carboxylic acids is 1. The summed E-state index contributed by atoms with van der Waals surface area (Å²) in [6.45, 7) is 7.03. The van der Waals surface area contributed by atoms with Crippen molar-refractivity contribution >= 4 is 40.4 Å². The summed E-state index contributed by atoms with van der Waals surface area (Å²) in [6, 6.07) is 9.82. The Labute approximate surface area is 223 Å². The van der Waals surface area contributed by atoms with Crippen LogP contribution in [0.5, 0.6) is 0 Å². The molecule has 0 aliphatic carbocycles. The number of nitrogens with zero attached hydrogens (tertiary/aromatic N) is 6. The number of aromatic amines is 1. The highest BCUT2D eigenvalue weighted by Crippen LogP contribution is 2.25. The summed E-state index contributed by atoms with van der Waals surface area (Å²) in [6.07, 6.45) is 10.3. The molecule has 0 atom stereocenters. The molecule has 2 fully saturated rings. The lowest BCUT2D eigenvalue weighted by molar-refractivity contribution is 0.0589. The molecule has 9 heteroatoms. The Bertz CT molecular complexity index is 1350. The van der Waals surface area contributed by atoms with E-state index in [1.807, 2.05) is 41.4 Å². The van der Waals surface area contributed by atoms with Gasteiger partial charge >= 0.3 is 0 Å². The number of piperidine rings is 1. The van der Waals surface area contributed by atoms with Crippen molar-refractivity contribution < 1.29 is 4.79 Å². The van der Waals surface area contributed by atoms with Gasteiger partial charge < -0.3 is 20.1 Å². The summed E-state index contributed by atoms with van der Waals surface area (Å²) in [5.41, 5.74) is 4.14. The Morgan fingerprint density at radius 3 is 2.68 bits per heavy atom. The third-order valence-electron chi connectivity index (χ3n) is 7.90. The van der Waals surface area contributed by atoms with E-state index < -0.39 is 0 Å². The highest BCUT2D eigenvalue weighted by Gasteiger charge is 2.26. The van der Waals surface area contributed by atoms with Crippen LogP contribution in [-0.2, 0) is 0 Å². The summed E-state index contributed by atoms with van der Waals surface area (Å²) in [4.78, 5) is 37.0. The Hall–Kier alpha value is -3.56. The molecule has 9 nitrogen and oxygen atoms in total. The van der Waals surface area contributed by atoms with E-state index in [9.17, 15) is 4.79 Å². The molecule has 3 aromatic rings. The van der Waals surface area contributed by atoms with E-state index in [1.165, 1.54) is 25.9 Å². The number of carbonyl (C=O) groups is 1. The van der Waals surface area contributed by atoms with Crippen molar-refractivity contribution in [1.82, 2.24) is 29.7 Å². The van der Waals surface area contributed by atoms with E-state index in [0.29, 0.717) is 11.6 Å². The fraction of sp³-hybridized carbons (Fsp3) is 0.448. The predicted octanol–water partition coefficient (Wildman–Crippen LogP) is 4.01. The van der Waals surface area contributed by atoms with Gasteiger partial charge in [-0.15, -0.1) is 0 Å². The van der Waals surface area contributed by atoms with Crippen molar-refractivity contribution in [2.45, 2.75) is 25.7 Å². The average molecular weight is 513 g/mol. The molecule has 2 N–H and O–H groups in total. The van der Waals surface area contributed by atoms with Gasteiger partial charge in [-0.3, -0.25) is 14.7 Å². The third kappa shape index (κ3) is 5.63. The van der Waals surface area contributed by atoms with Gasteiger partial charge in [0.05, 0.1) is 11.4 Å². The first kappa shape index (κ1) is 24.8. The number of allylic oxidation sites excluding steroid dienone is 1. The van der Waals surface area contributed by atoms with Crippen molar-refractivity contribution in [2.75, 3.05) is 58.2 Å². The molecule has 1 amide bonds. The summed E-state index contributed by atoms with van der Waals surface area (Å²) in [5.74, 6) is 1.39. The van der Waals surface area contributed by atoms with Crippen molar-refractivity contribution in [1.29, 1.82) is 0 Å². The van der Waals surface area contributed by atoms with Gasteiger partial charge in [0.15, 0.2) is 0 Å². The standard InChI is InChI=1S/C29H36N8O/c1-35-12-8-21(9-13-35)20-36-14-16-37(17-15-36)28(38)27-19-22-18-23(5-6-24(22)33-27)32-29-31-11-7-26(34-29)25-4-2-3-10-30-25/h4-7,10-11,18-19,21,33H,2-3,8-9,12-17,20H2,1H3,(H,31,32,34). The minimum Gasteiger partial charge on any atom is -0.351 e. The van der Waals surface area contributed by atoms with Crippen LogP contribution in [0.4, 0.5) is 11.6 Å². The van der Waals surface area contributed by atoms with Crippen LogP contribution in [-0.4, -0.2) is 94.6 Å². The van der Waals surface area contributed by atoms with Gasteiger partial charge in [0.1, 0.15) is 5.69 Å². The first-order valence-electron chi connectivity index (χ1n) is 13.8. The van der Waals surface area contributed by atoms with Gasteiger partial charge in [0.2, 0.25) is 5.95 Å². The van der Waals surface area contributed by atoms with E-state index in [0.717, 1.165) is 79.5 Å². The van der Waals surface area contributed by atoms with Gasteiger partial charge in [-0.1, -0.05) is 6.08 Å². The minimum atomic E-state index is 0.0759. The molecule has 0 saturated carbocycles. The number of nitrogens with one attached hydrogen (secondary N) is 2. The lowest BCUT2D eigenvalue weighted by Crippen LogP contribution is -2.50. The van der Waals surface area contributed by atoms with Crippen LogP contribution in [0.15, 0.2) is 47.6 Å². The number of hydrogen-bond acceptors (Lipinski definition) is 7. The topological polar surface area (TPSA) is 92.8 Å². The SMILES string of the molecule is CN1CCC(CN2CCN(C(=O)c3cc4cc(Nc5nccc(C6=CCCC=N6)n5)ccc4[nH]3)CC2)CC1. The molecule has 2 aromatic heterocycles. The zero-order chi connectivity index (χ0) is 25.9. The Morgan fingerprint density at radius 1 is 1.05 bits per heavy atom. The number of anilines is 2. The normalized spacial score (nSPS) is 19.6. The number of likely N-dealkylation sites (tertiary alicyclic amines) is 1. The average Bonchev–Trinajstić information content (AvgIpc) is 3.39. The minimum absolute atomic E-state index is 0.0759. The molecule has 0 unspecified atom stereocenters. The van der Waals surface area contributed by atoms with E-state index in [4.69, 9.17) is 0 Å². The van der Waals surface area contributed by atoms with E-state index >= 15 is 0 Å². The number of rotatable bonds is 6. The molecule has 0 spiro atoms. The van der Waals surface area contributed by atoms with Crippen molar-refractivity contribution in [3.8, 4) is 0 Å². The molecular formula is C29H36N8O. The van der Waals surface area contributed by atoms with Crippen LogP contribution in [0.25, 0.3) is 16.6 Å². The summed E-state index contributed by atoms with van der Waals surface area (Å²) < 4.78 is 0. The smallest absolute Gasteiger partial charge is 0.270 e.